The van der Waals surface area contributed by atoms with Gasteiger partial charge in [-0.05, 0) is 85.7 Å². The van der Waals surface area contributed by atoms with E-state index in [1.165, 1.54) is 5.56 Å². The van der Waals surface area contributed by atoms with Crippen LogP contribution in [-0.2, 0) is 22.6 Å². The molecule has 2 N–H and O–H groups in total. The topological polar surface area (TPSA) is 89.8 Å². The summed E-state index contributed by atoms with van der Waals surface area (Å²) in [7, 11) is 1.63. The van der Waals surface area contributed by atoms with E-state index in [4.69, 9.17) is 9.47 Å². The fraction of sp³-hybridized carbons (Fsp3) is 0.278. The van der Waals surface area contributed by atoms with Gasteiger partial charge in [0.1, 0.15) is 31.3 Å². The molecule has 0 aliphatic rings. The number of carboxylic acid groups (broad SMARTS) is 1. The van der Waals surface area contributed by atoms with E-state index in [-0.39, 0.29) is 12.5 Å². The van der Waals surface area contributed by atoms with Gasteiger partial charge in [0.2, 0.25) is 5.91 Å². The Balaban J connectivity index is 1.37. The number of hydrogen-bond acceptors (Lipinski definition) is 4. The van der Waals surface area contributed by atoms with Crippen molar-refractivity contribution in [2.45, 2.75) is 46.6 Å². The number of nitrogens with one attached hydrogen (secondary N) is 1. The molecule has 0 aliphatic carbocycles. The first-order valence-corrected chi connectivity index (χ1v) is 14.5. The summed E-state index contributed by atoms with van der Waals surface area (Å²) >= 11 is 0. The van der Waals surface area contributed by atoms with Crippen molar-refractivity contribution in [3.05, 3.63) is 106 Å². The largest absolute Gasteiger partial charge is 0.490 e. The highest BCUT2D eigenvalue weighted by Crippen LogP contribution is 2.28. The van der Waals surface area contributed by atoms with Crippen LogP contribution in [0.15, 0.2) is 72.9 Å². The molecular formula is C36H40N2O5. The molecule has 43 heavy (non-hydrogen) atoms. The van der Waals surface area contributed by atoms with Gasteiger partial charge in [-0.25, -0.2) is 0 Å². The number of carboxylic acids is 1. The van der Waals surface area contributed by atoms with Gasteiger partial charge in [-0.1, -0.05) is 60.2 Å². The Bertz CT molecular complexity index is 1610. The van der Waals surface area contributed by atoms with Gasteiger partial charge >= 0.3 is 5.97 Å². The number of amides is 1. The average Bonchev–Trinajstić information content (AvgIpc) is 3.32. The maximum atomic E-state index is 11.7. The summed E-state index contributed by atoms with van der Waals surface area (Å²) in [5.74, 6) is 0.803. The second-order valence-electron chi connectivity index (χ2n) is 10.7. The standard InChI is InChI=1S/C36H40N2O5/c1-25-21-26(2)36(27(3)22-25)43-20-6-5-19-42-31-17-14-28(15-18-31)13-16-29-9-7-11-32-30(10-8-12-33(39)37-4)23-38(35(29)32)24-34(40)41/h5-7,9,11,13-18,21-23H,8,10,12,19-20,24H2,1-4H3,(H,37,39)(H,40,41)/b6-5+,16-13?. The zero-order valence-corrected chi connectivity index (χ0v) is 25.4. The SMILES string of the molecule is CNC(=O)CCCc1cn(CC(=O)O)c2c(C=Cc3ccc(OC/C=C/COc4c(C)cc(C)cc4C)cc3)cccc12. The first-order chi connectivity index (χ1) is 20.7. The number of benzene rings is 3. The third kappa shape index (κ3) is 8.61. The number of aliphatic carboxylic acids is 1. The summed E-state index contributed by atoms with van der Waals surface area (Å²) in [6.45, 7) is 7.01. The lowest BCUT2D eigenvalue weighted by molar-refractivity contribution is -0.137. The monoisotopic (exact) mass is 580 g/mol. The summed E-state index contributed by atoms with van der Waals surface area (Å²) in [5.41, 5.74) is 7.36. The first-order valence-electron chi connectivity index (χ1n) is 14.5. The van der Waals surface area contributed by atoms with Gasteiger partial charge in [0.25, 0.3) is 0 Å². The number of hydrogen-bond donors (Lipinski definition) is 2. The quantitative estimate of drug-likeness (QED) is 0.125. The number of rotatable bonds is 14. The lowest BCUT2D eigenvalue weighted by Crippen LogP contribution is -2.17. The lowest BCUT2D eigenvalue weighted by Gasteiger charge is -2.11. The number of aryl methyl sites for hydroxylation is 4. The number of para-hydroxylation sites is 1. The van der Waals surface area contributed by atoms with Crippen molar-refractivity contribution in [1.29, 1.82) is 0 Å². The Morgan fingerprint density at radius 3 is 2.30 bits per heavy atom. The number of carbonyl (C=O) groups excluding carboxylic acids is 1. The second kappa shape index (κ2) is 14.9. The smallest absolute Gasteiger partial charge is 0.323 e. The Labute approximate surface area is 253 Å². The molecule has 7 heteroatoms. The highest BCUT2D eigenvalue weighted by atomic mass is 16.5. The normalized spacial score (nSPS) is 11.4. The molecule has 0 atom stereocenters. The van der Waals surface area contributed by atoms with Crippen molar-refractivity contribution in [2.75, 3.05) is 20.3 Å². The van der Waals surface area contributed by atoms with Gasteiger partial charge in [-0.15, -0.1) is 0 Å². The predicted octanol–water partition coefficient (Wildman–Crippen LogP) is 6.90. The predicted molar refractivity (Wildman–Crippen MR) is 173 cm³/mol. The van der Waals surface area contributed by atoms with Crippen LogP contribution >= 0.6 is 0 Å². The van der Waals surface area contributed by atoms with Crippen LogP contribution in [0.25, 0.3) is 23.1 Å². The fourth-order valence-corrected chi connectivity index (χ4v) is 5.30. The molecule has 0 bridgehead atoms. The molecule has 1 aromatic heterocycles. The van der Waals surface area contributed by atoms with Crippen molar-refractivity contribution < 1.29 is 24.2 Å². The van der Waals surface area contributed by atoms with E-state index in [0.29, 0.717) is 32.5 Å². The zero-order valence-electron chi connectivity index (χ0n) is 25.4. The van der Waals surface area contributed by atoms with Gasteiger partial charge in [0.15, 0.2) is 0 Å². The summed E-state index contributed by atoms with van der Waals surface area (Å²) in [5, 5.41) is 13.2. The van der Waals surface area contributed by atoms with Gasteiger partial charge in [0, 0.05) is 25.1 Å². The van der Waals surface area contributed by atoms with Gasteiger partial charge in [0.05, 0.1) is 5.52 Å². The molecular weight excluding hydrogens is 540 g/mol. The van der Waals surface area contributed by atoms with Crippen molar-refractivity contribution >= 4 is 34.9 Å². The van der Waals surface area contributed by atoms with E-state index >= 15 is 0 Å². The van der Waals surface area contributed by atoms with Gasteiger partial charge in [-0.3, -0.25) is 9.59 Å². The number of nitrogens with zero attached hydrogens (tertiary/aromatic N) is 1. The molecule has 0 spiro atoms. The van der Waals surface area contributed by atoms with Crippen molar-refractivity contribution in [3.8, 4) is 11.5 Å². The highest BCUT2D eigenvalue weighted by Gasteiger charge is 2.13. The van der Waals surface area contributed by atoms with Crippen LogP contribution in [-0.4, -0.2) is 41.8 Å². The summed E-state index contributed by atoms with van der Waals surface area (Å²) in [6.07, 6.45) is 11.6. The fourth-order valence-electron chi connectivity index (χ4n) is 5.30. The molecule has 0 radical (unpaired) electrons. The summed E-state index contributed by atoms with van der Waals surface area (Å²) < 4.78 is 13.6. The van der Waals surface area contributed by atoms with Crippen LogP contribution in [0.1, 0.15) is 46.2 Å². The Hall–Kier alpha value is -4.78. The number of aromatic nitrogens is 1. The molecule has 0 fully saturated rings. The third-order valence-electron chi connectivity index (χ3n) is 7.22. The van der Waals surface area contributed by atoms with Crippen LogP contribution in [0.4, 0.5) is 0 Å². The minimum absolute atomic E-state index is 0.000564. The molecule has 0 saturated heterocycles. The Kier molecular flexibility index (Phi) is 10.8. The maximum Gasteiger partial charge on any atom is 0.323 e. The van der Waals surface area contributed by atoms with Crippen molar-refractivity contribution in [1.82, 2.24) is 9.88 Å². The number of fused-ring (bicyclic) bond motifs is 1. The Morgan fingerprint density at radius 1 is 0.930 bits per heavy atom. The molecule has 0 saturated carbocycles. The van der Waals surface area contributed by atoms with Crippen LogP contribution in [0, 0.1) is 20.8 Å². The average molecular weight is 581 g/mol. The molecule has 3 aromatic carbocycles. The summed E-state index contributed by atoms with van der Waals surface area (Å²) in [4.78, 5) is 23.2. The zero-order chi connectivity index (χ0) is 30.8. The molecule has 0 aliphatic heterocycles. The van der Waals surface area contributed by atoms with Crippen LogP contribution in [0.5, 0.6) is 11.5 Å². The van der Waals surface area contributed by atoms with Gasteiger partial charge in [-0.2, -0.15) is 0 Å². The molecule has 0 unspecified atom stereocenters. The van der Waals surface area contributed by atoms with E-state index in [9.17, 15) is 14.7 Å². The van der Waals surface area contributed by atoms with Gasteiger partial charge < -0.3 is 24.5 Å². The van der Waals surface area contributed by atoms with E-state index in [1.807, 2.05) is 73.0 Å². The van der Waals surface area contributed by atoms with Crippen molar-refractivity contribution in [3.63, 3.8) is 0 Å². The molecule has 4 aromatic rings. The van der Waals surface area contributed by atoms with E-state index in [1.54, 1.807) is 11.6 Å². The molecule has 1 heterocycles. The van der Waals surface area contributed by atoms with Crippen LogP contribution in [0.3, 0.4) is 0 Å². The minimum Gasteiger partial charge on any atom is -0.490 e. The summed E-state index contributed by atoms with van der Waals surface area (Å²) in [6, 6.07) is 18.1. The number of carbonyl (C=O) groups is 2. The first kappa shape index (κ1) is 31.2. The highest BCUT2D eigenvalue weighted by molar-refractivity contribution is 5.94. The van der Waals surface area contributed by atoms with E-state index in [2.05, 4.69) is 38.2 Å². The molecule has 1 amide bonds. The maximum absolute atomic E-state index is 11.7. The van der Waals surface area contributed by atoms with Crippen LogP contribution < -0.4 is 14.8 Å². The second-order valence-corrected chi connectivity index (χ2v) is 10.7. The van der Waals surface area contributed by atoms with E-state index < -0.39 is 5.97 Å². The number of ether oxygens (including phenoxy) is 2. The molecule has 224 valence electrons. The molecule has 7 nitrogen and oxygen atoms in total. The van der Waals surface area contributed by atoms with Crippen molar-refractivity contribution in [2.24, 2.45) is 0 Å². The molecule has 4 rings (SSSR count). The Morgan fingerprint density at radius 2 is 1.63 bits per heavy atom. The van der Waals surface area contributed by atoms with Crippen LogP contribution in [0.2, 0.25) is 0 Å². The lowest BCUT2D eigenvalue weighted by atomic mass is 10.0. The third-order valence-corrected chi connectivity index (χ3v) is 7.22. The minimum atomic E-state index is -0.901. The van der Waals surface area contributed by atoms with E-state index in [0.717, 1.165) is 50.2 Å².